The van der Waals surface area contributed by atoms with Crippen LogP contribution in [0.2, 0.25) is 0 Å². The Bertz CT molecular complexity index is 1320. The van der Waals surface area contributed by atoms with Gasteiger partial charge in [0.2, 0.25) is 15.8 Å². The van der Waals surface area contributed by atoms with Gasteiger partial charge in [0.25, 0.3) is 5.91 Å². The van der Waals surface area contributed by atoms with Crippen molar-refractivity contribution < 1.29 is 31.9 Å². The lowest BCUT2D eigenvalue weighted by atomic mass is 10.1. The number of carbonyl (C=O) groups is 2. The van der Waals surface area contributed by atoms with E-state index in [1.165, 1.54) is 29.6 Å². The summed E-state index contributed by atoms with van der Waals surface area (Å²) in [6, 6.07) is 11.6. The molecule has 10 heteroatoms. The first-order chi connectivity index (χ1) is 16.3. The van der Waals surface area contributed by atoms with Crippen LogP contribution in [0, 0.1) is 6.92 Å². The standard InChI is InChI=1S/C24H26N2O7S/c1-16-18-8-4-5-9-19(18)33-23(16)24(28)32-15-22(27)25-17-10-11-20(31-2)21(14-17)34(29,30)26-12-6-3-7-13-26/h4-5,8-11,14H,3,6-7,12-13,15H2,1-2H3,(H,25,27). The number of methoxy groups -OCH3 is 1. The highest BCUT2D eigenvalue weighted by Crippen LogP contribution is 2.31. The van der Waals surface area contributed by atoms with E-state index < -0.39 is 28.5 Å². The molecule has 0 saturated carbocycles. The van der Waals surface area contributed by atoms with Crippen LogP contribution in [0.3, 0.4) is 0 Å². The zero-order valence-corrected chi connectivity index (χ0v) is 19.8. The molecule has 1 saturated heterocycles. The summed E-state index contributed by atoms with van der Waals surface area (Å²) < 4.78 is 43.6. The molecule has 1 aromatic heterocycles. The smallest absolute Gasteiger partial charge is 0.375 e. The maximum Gasteiger partial charge on any atom is 0.375 e. The Morgan fingerprint density at radius 2 is 1.82 bits per heavy atom. The molecule has 2 aromatic carbocycles. The summed E-state index contributed by atoms with van der Waals surface area (Å²) in [5.74, 6) is -1.15. The first-order valence-corrected chi connectivity index (χ1v) is 12.4. The SMILES string of the molecule is COc1ccc(NC(=O)COC(=O)c2oc3ccccc3c2C)cc1S(=O)(=O)N1CCCCC1. The molecule has 0 unspecified atom stereocenters. The first kappa shape index (κ1) is 23.8. The van der Waals surface area contributed by atoms with Gasteiger partial charge in [-0.1, -0.05) is 24.6 Å². The number of amides is 1. The van der Waals surface area contributed by atoms with E-state index >= 15 is 0 Å². The molecule has 4 rings (SSSR count). The summed E-state index contributed by atoms with van der Waals surface area (Å²) in [6.07, 6.45) is 2.59. The molecule has 0 radical (unpaired) electrons. The number of rotatable bonds is 7. The van der Waals surface area contributed by atoms with E-state index in [0.717, 1.165) is 24.6 Å². The molecule has 0 spiro atoms. The van der Waals surface area contributed by atoms with Gasteiger partial charge in [-0.2, -0.15) is 4.31 Å². The Morgan fingerprint density at radius 3 is 2.53 bits per heavy atom. The third-order valence-electron chi connectivity index (χ3n) is 5.74. The fraction of sp³-hybridized carbons (Fsp3) is 0.333. The van der Waals surface area contributed by atoms with Crippen molar-refractivity contribution in [1.29, 1.82) is 0 Å². The van der Waals surface area contributed by atoms with Crippen molar-refractivity contribution in [2.45, 2.75) is 31.1 Å². The largest absolute Gasteiger partial charge is 0.495 e. The quantitative estimate of drug-likeness (QED) is 0.506. The van der Waals surface area contributed by atoms with E-state index in [1.807, 2.05) is 12.1 Å². The average Bonchev–Trinajstić information content (AvgIpc) is 3.19. The van der Waals surface area contributed by atoms with Gasteiger partial charge in [0, 0.05) is 29.7 Å². The molecule has 34 heavy (non-hydrogen) atoms. The van der Waals surface area contributed by atoms with Gasteiger partial charge in [0.15, 0.2) is 6.61 Å². The van der Waals surface area contributed by atoms with Gasteiger partial charge in [-0.3, -0.25) is 4.79 Å². The lowest BCUT2D eigenvalue weighted by molar-refractivity contribution is -0.119. The molecular formula is C24H26N2O7S. The lowest BCUT2D eigenvalue weighted by Crippen LogP contribution is -2.35. The summed E-state index contributed by atoms with van der Waals surface area (Å²) in [5.41, 5.74) is 1.43. The van der Waals surface area contributed by atoms with E-state index in [2.05, 4.69) is 5.32 Å². The van der Waals surface area contributed by atoms with Gasteiger partial charge in [-0.25, -0.2) is 13.2 Å². The van der Waals surface area contributed by atoms with E-state index in [9.17, 15) is 18.0 Å². The number of ether oxygens (including phenoxy) is 2. The van der Waals surface area contributed by atoms with E-state index in [-0.39, 0.29) is 22.1 Å². The molecule has 180 valence electrons. The number of anilines is 1. The van der Waals surface area contributed by atoms with E-state index in [4.69, 9.17) is 13.9 Å². The van der Waals surface area contributed by atoms with Gasteiger partial charge >= 0.3 is 5.97 Å². The van der Waals surface area contributed by atoms with E-state index in [0.29, 0.717) is 24.2 Å². The zero-order chi connectivity index (χ0) is 24.3. The van der Waals surface area contributed by atoms with Crippen molar-refractivity contribution in [2.75, 3.05) is 32.1 Å². The first-order valence-electron chi connectivity index (χ1n) is 10.9. The van der Waals surface area contributed by atoms with Crippen LogP contribution in [0.25, 0.3) is 11.0 Å². The number of carbonyl (C=O) groups excluding carboxylic acids is 2. The monoisotopic (exact) mass is 486 g/mol. The van der Waals surface area contributed by atoms with Gasteiger partial charge in [0.05, 0.1) is 7.11 Å². The molecule has 1 aliphatic heterocycles. The molecule has 3 aromatic rings. The Kier molecular flexibility index (Phi) is 6.90. The van der Waals surface area contributed by atoms with E-state index in [1.54, 1.807) is 19.1 Å². The lowest BCUT2D eigenvalue weighted by Gasteiger charge is -2.26. The van der Waals surface area contributed by atoms with Crippen molar-refractivity contribution in [2.24, 2.45) is 0 Å². The zero-order valence-electron chi connectivity index (χ0n) is 19.0. The third kappa shape index (κ3) is 4.78. The minimum Gasteiger partial charge on any atom is -0.495 e. The highest BCUT2D eigenvalue weighted by atomic mass is 32.2. The number of furan rings is 1. The van der Waals surface area contributed by atoms with Gasteiger partial charge in [-0.05, 0) is 44.0 Å². The van der Waals surface area contributed by atoms with Crippen molar-refractivity contribution in [1.82, 2.24) is 4.31 Å². The predicted molar refractivity (Wildman–Crippen MR) is 125 cm³/mol. The topological polar surface area (TPSA) is 115 Å². The second-order valence-corrected chi connectivity index (χ2v) is 9.91. The Labute approximate surface area is 197 Å². The second kappa shape index (κ2) is 9.86. The molecule has 1 amide bonds. The van der Waals surface area contributed by atoms with Crippen LogP contribution in [0.4, 0.5) is 5.69 Å². The van der Waals surface area contributed by atoms with Crippen LogP contribution in [-0.2, 0) is 19.6 Å². The number of para-hydroxylation sites is 1. The van der Waals surface area contributed by atoms with Crippen LogP contribution in [0.5, 0.6) is 5.75 Å². The number of aryl methyl sites for hydroxylation is 1. The van der Waals surface area contributed by atoms with Crippen molar-refractivity contribution in [3.8, 4) is 5.75 Å². The Morgan fingerprint density at radius 1 is 1.09 bits per heavy atom. The highest BCUT2D eigenvalue weighted by molar-refractivity contribution is 7.89. The van der Waals surface area contributed by atoms with Crippen molar-refractivity contribution in [3.05, 3.63) is 53.8 Å². The minimum absolute atomic E-state index is 0.0235. The molecule has 2 heterocycles. The van der Waals surface area contributed by atoms with Crippen molar-refractivity contribution >= 4 is 38.6 Å². The molecule has 1 fully saturated rings. The second-order valence-electron chi connectivity index (χ2n) is 8.01. The summed E-state index contributed by atoms with van der Waals surface area (Å²) >= 11 is 0. The van der Waals surface area contributed by atoms with Crippen LogP contribution < -0.4 is 10.1 Å². The number of nitrogens with zero attached hydrogens (tertiary/aromatic N) is 1. The summed E-state index contributed by atoms with van der Waals surface area (Å²) in [6.45, 7) is 2.07. The fourth-order valence-corrected chi connectivity index (χ4v) is 5.66. The fourth-order valence-electron chi connectivity index (χ4n) is 3.96. The number of benzene rings is 2. The number of hydrogen-bond donors (Lipinski definition) is 1. The maximum atomic E-state index is 13.1. The third-order valence-corrected chi connectivity index (χ3v) is 7.66. The van der Waals surface area contributed by atoms with Crippen LogP contribution in [-0.4, -0.2) is 51.4 Å². The average molecular weight is 487 g/mol. The number of sulfonamides is 1. The van der Waals surface area contributed by atoms with Gasteiger partial charge in [-0.15, -0.1) is 0 Å². The Hall–Kier alpha value is -3.37. The van der Waals surface area contributed by atoms with Gasteiger partial charge in [0.1, 0.15) is 16.2 Å². The molecule has 0 atom stereocenters. The van der Waals surface area contributed by atoms with Crippen LogP contribution in [0.1, 0.15) is 35.4 Å². The minimum atomic E-state index is -3.78. The molecule has 9 nitrogen and oxygen atoms in total. The molecule has 0 aliphatic carbocycles. The van der Waals surface area contributed by atoms with Gasteiger partial charge < -0.3 is 19.2 Å². The maximum absolute atomic E-state index is 13.1. The number of nitrogens with one attached hydrogen (secondary N) is 1. The van der Waals surface area contributed by atoms with Crippen molar-refractivity contribution in [3.63, 3.8) is 0 Å². The number of esters is 1. The summed E-state index contributed by atoms with van der Waals surface area (Å²) in [5, 5.41) is 3.36. The number of hydrogen-bond acceptors (Lipinski definition) is 7. The molecular weight excluding hydrogens is 460 g/mol. The molecule has 1 N–H and O–H groups in total. The number of piperidine rings is 1. The summed E-state index contributed by atoms with van der Waals surface area (Å²) in [4.78, 5) is 24.8. The number of fused-ring (bicyclic) bond motifs is 1. The normalized spacial score (nSPS) is 14.6. The molecule has 0 bridgehead atoms. The van der Waals surface area contributed by atoms with Crippen LogP contribution in [0.15, 0.2) is 51.8 Å². The highest BCUT2D eigenvalue weighted by Gasteiger charge is 2.29. The van der Waals surface area contributed by atoms with Crippen LogP contribution >= 0.6 is 0 Å². The summed E-state index contributed by atoms with van der Waals surface area (Å²) in [7, 11) is -2.39. The Balaban J connectivity index is 1.45. The molecule has 1 aliphatic rings. The predicted octanol–water partition coefficient (Wildman–Crippen LogP) is 3.72.